The van der Waals surface area contributed by atoms with Crippen molar-refractivity contribution in [2.24, 2.45) is 7.05 Å². The van der Waals surface area contributed by atoms with E-state index in [4.69, 9.17) is 0 Å². The minimum Gasteiger partial charge on any atom is -0.356 e. The Morgan fingerprint density at radius 2 is 1.82 bits per heavy atom. The molecule has 2 heterocycles. The number of anilines is 2. The molecule has 1 aromatic heterocycles. The van der Waals surface area contributed by atoms with Crippen molar-refractivity contribution in [3.8, 4) is 11.3 Å². The van der Waals surface area contributed by atoms with Gasteiger partial charge in [0.2, 0.25) is 5.91 Å². The molecule has 2 amide bonds. The second-order valence-corrected chi connectivity index (χ2v) is 9.25. The average molecular weight is 523 g/mol. The maximum atomic E-state index is 13.2. The molecule has 10 heteroatoms. The number of non-ortho nitro benzene ring substituents is 1. The summed E-state index contributed by atoms with van der Waals surface area (Å²) in [6.45, 7) is 1.99. The average Bonchev–Trinajstić information content (AvgIpc) is 3.49. The van der Waals surface area contributed by atoms with E-state index in [9.17, 15) is 19.7 Å². The minimum absolute atomic E-state index is 0.0862. The second-order valence-electron chi connectivity index (χ2n) is 9.25. The Balaban J connectivity index is 1.54. The van der Waals surface area contributed by atoms with Gasteiger partial charge in [-0.2, -0.15) is 0 Å². The van der Waals surface area contributed by atoms with E-state index >= 15 is 0 Å². The summed E-state index contributed by atoms with van der Waals surface area (Å²) in [4.78, 5) is 39.8. The molecule has 0 fully saturated rings. The van der Waals surface area contributed by atoms with Crippen LogP contribution in [0.3, 0.4) is 0 Å². The number of aryl methyl sites for hydroxylation is 1. The zero-order valence-electron chi connectivity index (χ0n) is 21.4. The first-order chi connectivity index (χ1) is 18.8. The molecule has 0 spiro atoms. The van der Waals surface area contributed by atoms with Gasteiger partial charge in [0.15, 0.2) is 0 Å². The highest BCUT2D eigenvalue weighted by atomic mass is 16.6. The lowest BCUT2D eigenvalue weighted by molar-refractivity contribution is -0.384. The van der Waals surface area contributed by atoms with Gasteiger partial charge in [0.05, 0.1) is 28.2 Å². The Kier molecular flexibility index (Phi) is 6.92. The quantitative estimate of drug-likeness (QED) is 0.176. The number of fused-ring (bicyclic) bond motifs is 1. The predicted octanol–water partition coefficient (Wildman–Crippen LogP) is 4.61. The Labute approximate surface area is 224 Å². The third kappa shape index (κ3) is 5.54. The van der Waals surface area contributed by atoms with E-state index in [1.165, 1.54) is 19.1 Å². The number of benzene rings is 3. The molecule has 3 N–H and O–H groups in total. The number of nitro groups is 1. The van der Waals surface area contributed by atoms with E-state index in [-0.39, 0.29) is 17.5 Å². The zero-order chi connectivity index (χ0) is 27.5. The number of aromatic nitrogens is 2. The van der Waals surface area contributed by atoms with Crippen LogP contribution < -0.4 is 16.0 Å². The molecule has 5 rings (SSSR count). The van der Waals surface area contributed by atoms with E-state index in [0.29, 0.717) is 35.5 Å². The smallest absolute Gasteiger partial charge is 0.270 e. The van der Waals surface area contributed by atoms with E-state index in [1.807, 2.05) is 66.3 Å². The van der Waals surface area contributed by atoms with E-state index in [2.05, 4.69) is 20.9 Å². The largest absolute Gasteiger partial charge is 0.356 e. The molecule has 1 aliphatic rings. The van der Waals surface area contributed by atoms with Crippen LogP contribution in [-0.2, 0) is 23.1 Å². The summed E-state index contributed by atoms with van der Waals surface area (Å²) in [7, 11) is 1.91. The van der Waals surface area contributed by atoms with Crippen LogP contribution in [0.1, 0.15) is 23.6 Å². The predicted molar refractivity (Wildman–Crippen MR) is 150 cm³/mol. The summed E-state index contributed by atoms with van der Waals surface area (Å²) in [6, 6.07) is 19.6. The fourth-order valence-electron chi connectivity index (χ4n) is 4.45. The highest BCUT2D eigenvalue weighted by molar-refractivity contribution is 6.37. The fraction of sp³-hybridized carbons (Fsp3) is 0.138. The van der Waals surface area contributed by atoms with Gasteiger partial charge in [-0.15, -0.1) is 0 Å². The summed E-state index contributed by atoms with van der Waals surface area (Å²) in [5.74, 6) is -0.440. The molecule has 0 aliphatic carbocycles. The molecule has 1 aliphatic heterocycles. The number of rotatable bonds is 8. The molecular weight excluding hydrogens is 496 g/mol. The second kappa shape index (κ2) is 10.6. The van der Waals surface area contributed by atoms with Gasteiger partial charge in [-0.05, 0) is 35.7 Å². The van der Waals surface area contributed by atoms with E-state index in [0.717, 1.165) is 28.1 Å². The van der Waals surface area contributed by atoms with Crippen LogP contribution in [0.5, 0.6) is 0 Å². The van der Waals surface area contributed by atoms with E-state index in [1.54, 1.807) is 12.4 Å². The van der Waals surface area contributed by atoms with Crippen LogP contribution in [0, 0.1) is 10.1 Å². The molecule has 196 valence electrons. The lowest BCUT2D eigenvalue weighted by Gasteiger charge is -2.16. The van der Waals surface area contributed by atoms with E-state index < -0.39 is 4.92 Å². The molecule has 0 saturated carbocycles. The molecule has 0 atom stereocenters. The topological polar surface area (TPSA) is 131 Å². The van der Waals surface area contributed by atoms with Crippen molar-refractivity contribution in [2.75, 3.05) is 17.2 Å². The van der Waals surface area contributed by atoms with Crippen LogP contribution in [0.4, 0.5) is 17.1 Å². The molecule has 4 aromatic rings. The Hall–Kier alpha value is -5.25. The van der Waals surface area contributed by atoms with Crippen molar-refractivity contribution in [1.29, 1.82) is 0 Å². The lowest BCUT2D eigenvalue weighted by Crippen LogP contribution is -2.22. The first-order valence-electron chi connectivity index (χ1n) is 12.3. The number of hydrogen-bond donors (Lipinski definition) is 3. The number of carbonyl (C=O) groups excluding carboxylic acids is 2. The maximum Gasteiger partial charge on any atom is 0.270 e. The van der Waals surface area contributed by atoms with Gasteiger partial charge in [-0.3, -0.25) is 19.7 Å². The Bertz CT molecular complexity index is 1600. The Morgan fingerprint density at radius 3 is 2.46 bits per heavy atom. The van der Waals surface area contributed by atoms with Crippen molar-refractivity contribution < 1.29 is 14.5 Å². The van der Waals surface area contributed by atoms with Gasteiger partial charge >= 0.3 is 0 Å². The molecule has 0 radical (unpaired) electrons. The van der Waals surface area contributed by atoms with Crippen LogP contribution in [0.15, 0.2) is 79.3 Å². The summed E-state index contributed by atoms with van der Waals surface area (Å²) < 4.78 is 1.87. The summed E-state index contributed by atoms with van der Waals surface area (Å²) in [5.41, 5.74) is 5.97. The zero-order valence-corrected chi connectivity index (χ0v) is 21.4. The highest BCUT2D eigenvalue weighted by Gasteiger charge is 2.30. The van der Waals surface area contributed by atoms with Gasteiger partial charge in [0, 0.05) is 61.3 Å². The number of nitrogens with zero attached hydrogens (tertiary/aromatic N) is 3. The number of nitro benzene ring substituents is 1. The third-order valence-corrected chi connectivity index (χ3v) is 6.39. The van der Waals surface area contributed by atoms with Crippen molar-refractivity contribution in [3.05, 3.63) is 106 Å². The normalized spacial score (nSPS) is 13.4. The van der Waals surface area contributed by atoms with Crippen molar-refractivity contribution >= 4 is 40.1 Å². The number of amides is 2. The standard InChI is InChI=1S/C29H26N6O4/c1-18(36)30-14-13-19-3-5-21(6-4-19)28(27-24-15-23(35(38)39)11-12-25(24)33-29(27)37)32-22-9-7-20(8-10-22)26-16-34(2)17-31-26/h3-12,15-17,32H,13-14H2,1-2H3,(H,30,36)(H,33,37)/b28-27-. The molecular formula is C29H26N6O4. The van der Waals surface area contributed by atoms with Crippen LogP contribution >= 0.6 is 0 Å². The van der Waals surface area contributed by atoms with Gasteiger partial charge in [-0.25, -0.2) is 4.98 Å². The van der Waals surface area contributed by atoms with Crippen LogP contribution in [0.2, 0.25) is 0 Å². The van der Waals surface area contributed by atoms with Gasteiger partial charge in [-0.1, -0.05) is 36.4 Å². The first-order valence-corrected chi connectivity index (χ1v) is 12.3. The first kappa shape index (κ1) is 25.4. The molecule has 10 nitrogen and oxygen atoms in total. The van der Waals surface area contributed by atoms with Gasteiger partial charge in [0.1, 0.15) is 0 Å². The number of imidazole rings is 1. The number of carbonyl (C=O) groups is 2. The van der Waals surface area contributed by atoms with Crippen molar-refractivity contribution in [2.45, 2.75) is 13.3 Å². The SMILES string of the molecule is CC(=O)NCCc1ccc(/C(Nc2ccc(-c3cn(C)cn3)cc2)=C2/C(=O)Nc3ccc([N+](=O)[O-])cc32)cc1. The summed E-state index contributed by atoms with van der Waals surface area (Å²) in [6.07, 6.45) is 4.32. The maximum absolute atomic E-state index is 13.2. The molecule has 3 aromatic carbocycles. The third-order valence-electron chi connectivity index (χ3n) is 6.39. The number of nitrogens with one attached hydrogen (secondary N) is 3. The van der Waals surface area contributed by atoms with Crippen molar-refractivity contribution in [1.82, 2.24) is 14.9 Å². The lowest BCUT2D eigenvalue weighted by atomic mass is 9.98. The summed E-state index contributed by atoms with van der Waals surface area (Å²) in [5, 5.41) is 20.5. The molecule has 0 saturated heterocycles. The van der Waals surface area contributed by atoms with Crippen molar-refractivity contribution in [3.63, 3.8) is 0 Å². The van der Waals surface area contributed by atoms with Crippen LogP contribution in [0.25, 0.3) is 22.5 Å². The number of hydrogen-bond acceptors (Lipinski definition) is 6. The summed E-state index contributed by atoms with van der Waals surface area (Å²) >= 11 is 0. The van der Waals surface area contributed by atoms with Gasteiger partial charge in [0.25, 0.3) is 11.6 Å². The molecule has 39 heavy (non-hydrogen) atoms. The monoisotopic (exact) mass is 522 g/mol. The fourth-order valence-corrected chi connectivity index (χ4v) is 4.45. The molecule has 0 bridgehead atoms. The molecule has 0 unspecified atom stereocenters. The Morgan fingerprint density at radius 1 is 1.08 bits per heavy atom. The minimum atomic E-state index is -0.478. The van der Waals surface area contributed by atoms with Crippen LogP contribution in [-0.4, -0.2) is 32.8 Å². The highest BCUT2D eigenvalue weighted by Crippen LogP contribution is 2.39. The van der Waals surface area contributed by atoms with Gasteiger partial charge < -0.3 is 20.5 Å².